The number of pyridine rings is 1. The first-order valence-electron chi connectivity index (χ1n) is 7.22. The van der Waals surface area contributed by atoms with Crippen LogP contribution in [0.5, 0.6) is 11.5 Å². The average molecular weight is 286 g/mol. The van der Waals surface area contributed by atoms with Crippen LogP contribution in [-0.2, 0) is 13.2 Å². The average Bonchev–Trinajstić information content (AvgIpc) is 2.55. The van der Waals surface area contributed by atoms with Gasteiger partial charge in [-0.2, -0.15) is 0 Å². The monoisotopic (exact) mass is 286 g/mol. The van der Waals surface area contributed by atoms with Crippen LogP contribution in [0.4, 0.5) is 0 Å². The summed E-state index contributed by atoms with van der Waals surface area (Å²) in [5, 5.41) is 3.39. The van der Waals surface area contributed by atoms with Gasteiger partial charge in [-0.1, -0.05) is 19.1 Å². The molecule has 0 saturated heterocycles. The summed E-state index contributed by atoms with van der Waals surface area (Å²) in [4.78, 5) is 4.10. The first kappa shape index (κ1) is 15.3. The van der Waals surface area contributed by atoms with Crippen LogP contribution in [0, 0.1) is 0 Å². The molecule has 2 aromatic rings. The van der Waals surface area contributed by atoms with Crippen LogP contribution >= 0.6 is 0 Å². The summed E-state index contributed by atoms with van der Waals surface area (Å²) in [7, 11) is 1.66. The van der Waals surface area contributed by atoms with Gasteiger partial charge in [-0.3, -0.25) is 4.98 Å². The fourth-order valence-electron chi connectivity index (χ4n) is 1.99. The third-order valence-electron chi connectivity index (χ3n) is 3.13. The first-order chi connectivity index (χ1) is 10.3. The van der Waals surface area contributed by atoms with Gasteiger partial charge in [0.25, 0.3) is 0 Å². The van der Waals surface area contributed by atoms with E-state index in [1.807, 2.05) is 36.5 Å². The summed E-state index contributed by atoms with van der Waals surface area (Å²) >= 11 is 0. The second kappa shape index (κ2) is 8.27. The highest BCUT2D eigenvalue weighted by atomic mass is 16.5. The molecular weight excluding hydrogens is 264 g/mol. The number of nitrogens with one attached hydrogen (secondary N) is 1. The Kier molecular flexibility index (Phi) is 6.03. The molecule has 0 amide bonds. The van der Waals surface area contributed by atoms with Crippen LogP contribution in [0.1, 0.15) is 24.5 Å². The molecular formula is C17H22N2O2. The molecule has 0 radical (unpaired) electrons. The van der Waals surface area contributed by atoms with E-state index in [9.17, 15) is 0 Å². The molecule has 2 rings (SSSR count). The van der Waals surface area contributed by atoms with Crippen LogP contribution in [0.15, 0.2) is 42.7 Å². The van der Waals surface area contributed by atoms with Gasteiger partial charge in [0.05, 0.1) is 7.11 Å². The number of benzene rings is 1. The zero-order valence-electron chi connectivity index (χ0n) is 12.6. The fourth-order valence-corrected chi connectivity index (χ4v) is 1.99. The van der Waals surface area contributed by atoms with Crippen molar-refractivity contribution in [3.05, 3.63) is 53.9 Å². The van der Waals surface area contributed by atoms with Crippen molar-refractivity contribution in [1.29, 1.82) is 0 Å². The predicted molar refractivity (Wildman–Crippen MR) is 83.6 cm³/mol. The number of ether oxygens (including phenoxy) is 2. The molecule has 1 aromatic carbocycles. The Morgan fingerprint density at radius 3 is 2.86 bits per heavy atom. The maximum absolute atomic E-state index is 5.94. The molecule has 4 nitrogen and oxygen atoms in total. The van der Waals surface area contributed by atoms with Crippen molar-refractivity contribution in [3.8, 4) is 11.5 Å². The summed E-state index contributed by atoms with van der Waals surface area (Å²) in [5.41, 5.74) is 2.18. The Bertz CT molecular complexity index is 544. The van der Waals surface area contributed by atoms with Crippen molar-refractivity contribution in [1.82, 2.24) is 10.3 Å². The van der Waals surface area contributed by atoms with Gasteiger partial charge < -0.3 is 14.8 Å². The van der Waals surface area contributed by atoms with E-state index >= 15 is 0 Å². The molecule has 0 spiro atoms. The van der Waals surface area contributed by atoms with E-state index in [2.05, 4.69) is 17.2 Å². The van der Waals surface area contributed by atoms with E-state index in [0.717, 1.165) is 42.1 Å². The van der Waals surface area contributed by atoms with Crippen LogP contribution in [0.2, 0.25) is 0 Å². The van der Waals surface area contributed by atoms with Crippen LogP contribution in [0.3, 0.4) is 0 Å². The van der Waals surface area contributed by atoms with Gasteiger partial charge in [-0.25, -0.2) is 0 Å². The zero-order valence-corrected chi connectivity index (χ0v) is 12.6. The quantitative estimate of drug-likeness (QED) is 0.757. The summed E-state index contributed by atoms with van der Waals surface area (Å²) in [6.45, 7) is 4.44. The minimum atomic E-state index is 0.502. The Labute approximate surface area is 126 Å². The Hall–Kier alpha value is -2.07. The number of nitrogens with zero attached hydrogens (tertiary/aromatic N) is 1. The number of hydrogen-bond donors (Lipinski definition) is 1. The van der Waals surface area contributed by atoms with E-state index < -0.39 is 0 Å². The molecule has 0 atom stereocenters. The second-order valence-electron chi connectivity index (χ2n) is 4.80. The molecule has 0 unspecified atom stereocenters. The standard InChI is InChI=1S/C17H22N2O2/c1-3-8-18-12-15-6-7-16(20-2)10-17(15)21-13-14-5-4-9-19-11-14/h4-7,9-11,18H,3,8,12-13H2,1-2H3. The number of aromatic nitrogens is 1. The third kappa shape index (κ3) is 4.76. The maximum atomic E-state index is 5.94. The Morgan fingerprint density at radius 1 is 1.24 bits per heavy atom. The minimum absolute atomic E-state index is 0.502. The molecule has 0 fully saturated rings. The van der Waals surface area contributed by atoms with Gasteiger partial charge in [0.15, 0.2) is 0 Å². The van der Waals surface area contributed by atoms with Crippen molar-refractivity contribution in [2.24, 2.45) is 0 Å². The van der Waals surface area contributed by atoms with E-state index in [0.29, 0.717) is 6.61 Å². The minimum Gasteiger partial charge on any atom is -0.497 e. The van der Waals surface area contributed by atoms with E-state index in [-0.39, 0.29) is 0 Å². The summed E-state index contributed by atoms with van der Waals surface area (Å²) in [6, 6.07) is 9.84. The topological polar surface area (TPSA) is 43.4 Å². The lowest BCUT2D eigenvalue weighted by Gasteiger charge is -2.13. The van der Waals surface area contributed by atoms with Crippen molar-refractivity contribution in [2.45, 2.75) is 26.5 Å². The molecule has 1 N–H and O–H groups in total. The van der Waals surface area contributed by atoms with Crippen LogP contribution in [0.25, 0.3) is 0 Å². The molecule has 0 aliphatic rings. The van der Waals surface area contributed by atoms with Crippen molar-refractivity contribution in [2.75, 3.05) is 13.7 Å². The lowest BCUT2D eigenvalue weighted by atomic mass is 10.2. The molecule has 1 aromatic heterocycles. The van der Waals surface area contributed by atoms with Gasteiger partial charge in [0, 0.05) is 36.1 Å². The SMILES string of the molecule is CCCNCc1ccc(OC)cc1OCc1cccnc1. The van der Waals surface area contributed by atoms with Gasteiger partial charge in [0.1, 0.15) is 18.1 Å². The second-order valence-corrected chi connectivity index (χ2v) is 4.80. The summed E-state index contributed by atoms with van der Waals surface area (Å²) in [5.74, 6) is 1.65. The number of methoxy groups -OCH3 is 1. The van der Waals surface area contributed by atoms with Gasteiger partial charge in [0.2, 0.25) is 0 Å². The zero-order chi connectivity index (χ0) is 14.9. The molecule has 21 heavy (non-hydrogen) atoms. The largest absolute Gasteiger partial charge is 0.497 e. The number of hydrogen-bond acceptors (Lipinski definition) is 4. The molecule has 0 aliphatic heterocycles. The normalized spacial score (nSPS) is 10.4. The molecule has 4 heteroatoms. The van der Waals surface area contributed by atoms with Crippen molar-refractivity contribution in [3.63, 3.8) is 0 Å². The highest BCUT2D eigenvalue weighted by Crippen LogP contribution is 2.25. The molecule has 0 saturated carbocycles. The van der Waals surface area contributed by atoms with Crippen molar-refractivity contribution < 1.29 is 9.47 Å². The molecule has 0 bridgehead atoms. The number of rotatable bonds is 8. The molecule has 0 aliphatic carbocycles. The van der Waals surface area contributed by atoms with Crippen molar-refractivity contribution >= 4 is 0 Å². The third-order valence-corrected chi connectivity index (χ3v) is 3.13. The Balaban J connectivity index is 2.07. The van der Waals surface area contributed by atoms with Gasteiger partial charge >= 0.3 is 0 Å². The van der Waals surface area contributed by atoms with Gasteiger partial charge in [-0.15, -0.1) is 0 Å². The summed E-state index contributed by atoms with van der Waals surface area (Å²) in [6.07, 6.45) is 4.69. The smallest absolute Gasteiger partial charge is 0.127 e. The molecule has 112 valence electrons. The summed E-state index contributed by atoms with van der Waals surface area (Å²) < 4.78 is 11.2. The predicted octanol–water partition coefficient (Wildman–Crippen LogP) is 3.17. The van der Waals surface area contributed by atoms with Crippen LogP contribution < -0.4 is 14.8 Å². The fraction of sp³-hybridized carbons (Fsp3) is 0.353. The lowest BCUT2D eigenvalue weighted by Crippen LogP contribution is -2.14. The van der Waals surface area contributed by atoms with Gasteiger partial charge in [-0.05, 0) is 25.1 Å². The maximum Gasteiger partial charge on any atom is 0.127 e. The van der Waals surface area contributed by atoms with E-state index in [1.54, 1.807) is 13.3 Å². The highest BCUT2D eigenvalue weighted by molar-refractivity contribution is 5.40. The molecule has 1 heterocycles. The van der Waals surface area contributed by atoms with Crippen LogP contribution in [-0.4, -0.2) is 18.6 Å². The van der Waals surface area contributed by atoms with E-state index in [4.69, 9.17) is 9.47 Å². The first-order valence-corrected chi connectivity index (χ1v) is 7.22. The van der Waals surface area contributed by atoms with E-state index in [1.165, 1.54) is 0 Å². The lowest BCUT2D eigenvalue weighted by molar-refractivity contribution is 0.299. The Morgan fingerprint density at radius 2 is 2.14 bits per heavy atom. The highest BCUT2D eigenvalue weighted by Gasteiger charge is 2.06.